The predicted molar refractivity (Wildman–Crippen MR) is 148 cm³/mol. The van der Waals surface area contributed by atoms with Gasteiger partial charge in [0.15, 0.2) is 0 Å². The van der Waals surface area contributed by atoms with Crippen molar-refractivity contribution in [1.82, 2.24) is 4.98 Å². The molecule has 0 N–H and O–H groups in total. The van der Waals surface area contributed by atoms with Gasteiger partial charge in [0.25, 0.3) is 0 Å². The molecule has 1 nitrogen and oxygen atoms in total. The van der Waals surface area contributed by atoms with Gasteiger partial charge in [0, 0.05) is 22.7 Å². The molecule has 1 aliphatic carbocycles. The lowest BCUT2D eigenvalue weighted by molar-refractivity contribution is 0.615. The molecule has 0 amide bonds. The normalized spacial score (nSPS) is 13.6. The molecule has 172 valence electrons. The van der Waals surface area contributed by atoms with Gasteiger partial charge in [-0.15, -0.1) is 0 Å². The van der Waals surface area contributed by atoms with Crippen LogP contribution in [0, 0.1) is 5.82 Å². The molecule has 1 heterocycles. The first-order chi connectivity index (χ1) is 17.6. The van der Waals surface area contributed by atoms with Crippen molar-refractivity contribution >= 4 is 21.5 Å². The van der Waals surface area contributed by atoms with Crippen molar-refractivity contribution in [3.05, 3.63) is 126 Å². The third-order valence-electron chi connectivity index (χ3n) is 7.74. The molecule has 1 aliphatic rings. The highest BCUT2D eigenvalue weighted by Gasteiger charge is 2.41. The minimum absolute atomic E-state index is 0.186. The number of benzene rings is 5. The van der Waals surface area contributed by atoms with E-state index in [9.17, 15) is 0 Å². The number of hydrogen-bond donors (Lipinski definition) is 0. The Labute approximate surface area is 209 Å². The average molecular weight is 466 g/mol. The summed E-state index contributed by atoms with van der Waals surface area (Å²) in [7, 11) is 0. The molecule has 5 aromatic carbocycles. The molecule has 0 bridgehead atoms. The second-order valence-electron chi connectivity index (χ2n) is 10.1. The molecule has 0 unspecified atom stereocenters. The Morgan fingerprint density at radius 1 is 0.583 bits per heavy atom. The van der Waals surface area contributed by atoms with E-state index in [-0.39, 0.29) is 5.82 Å². The molecule has 7 rings (SSSR count). The van der Waals surface area contributed by atoms with Crippen LogP contribution in [-0.4, -0.2) is 4.98 Å². The van der Waals surface area contributed by atoms with Crippen molar-refractivity contribution in [2.24, 2.45) is 0 Å². The van der Waals surface area contributed by atoms with Gasteiger partial charge in [-0.2, -0.15) is 0 Å². The largest absolute Gasteiger partial charge is 0.256 e. The minimum atomic E-state index is -0.414. The third-order valence-corrected chi connectivity index (χ3v) is 7.74. The zero-order valence-corrected chi connectivity index (χ0v) is 20.2. The van der Waals surface area contributed by atoms with Crippen LogP contribution in [0.4, 0.5) is 4.39 Å². The van der Waals surface area contributed by atoms with Crippen LogP contribution >= 0.6 is 0 Å². The van der Waals surface area contributed by atoms with Gasteiger partial charge in [0.1, 0.15) is 5.82 Å². The Morgan fingerprint density at radius 2 is 1.28 bits per heavy atom. The van der Waals surface area contributed by atoms with Crippen molar-refractivity contribution in [1.29, 1.82) is 0 Å². The minimum Gasteiger partial charge on any atom is -0.256 e. The summed E-state index contributed by atoms with van der Waals surface area (Å²) in [6.07, 6.45) is 1.83. The van der Waals surface area contributed by atoms with Gasteiger partial charge in [0.2, 0.25) is 0 Å². The highest BCUT2D eigenvalue weighted by atomic mass is 19.1. The van der Waals surface area contributed by atoms with Gasteiger partial charge in [-0.05, 0) is 73.6 Å². The first-order valence-corrected chi connectivity index (χ1v) is 12.3. The standard InChI is InChI=1S/C34H24FN/c1-34(2)32-25(14-9-15-27(32)30-16-7-8-19-36-30)26-17-18-29(35)31(33(26)34)28-20-21-10-3-4-11-22(21)23-12-5-6-13-24(23)28/h3-20H,1-2H3. The maximum atomic E-state index is 16.0. The summed E-state index contributed by atoms with van der Waals surface area (Å²) in [4.78, 5) is 4.65. The highest BCUT2D eigenvalue weighted by molar-refractivity contribution is 6.14. The van der Waals surface area contributed by atoms with E-state index in [1.165, 1.54) is 10.9 Å². The zero-order valence-electron chi connectivity index (χ0n) is 20.2. The summed E-state index contributed by atoms with van der Waals surface area (Å²) in [6.45, 7) is 4.44. The van der Waals surface area contributed by atoms with E-state index in [4.69, 9.17) is 0 Å². The second-order valence-corrected chi connectivity index (χ2v) is 10.1. The van der Waals surface area contributed by atoms with Crippen LogP contribution in [0.5, 0.6) is 0 Å². The van der Waals surface area contributed by atoms with E-state index >= 15 is 4.39 Å². The number of pyridine rings is 1. The molecule has 6 aromatic rings. The van der Waals surface area contributed by atoms with Gasteiger partial charge >= 0.3 is 0 Å². The predicted octanol–water partition coefficient (Wildman–Crippen LogP) is 9.17. The van der Waals surface area contributed by atoms with Gasteiger partial charge in [-0.25, -0.2) is 4.39 Å². The molecule has 36 heavy (non-hydrogen) atoms. The smallest absolute Gasteiger partial charge is 0.131 e. The lowest BCUT2D eigenvalue weighted by Crippen LogP contribution is -2.18. The molecule has 0 radical (unpaired) electrons. The van der Waals surface area contributed by atoms with Crippen LogP contribution in [0.3, 0.4) is 0 Å². The summed E-state index contributed by atoms with van der Waals surface area (Å²) in [5, 5.41) is 4.51. The zero-order chi connectivity index (χ0) is 24.4. The summed E-state index contributed by atoms with van der Waals surface area (Å²) in [5.74, 6) is -0.186. The maximum Gasteiger partial charge on any atom is 0.131 e. The Hall–Kier alpha value is -4.30. The Kier molecular flexibility index (Phi) is 4.44. The molecule has 1 aromatic heterocycles. The maximum absolute atomic E-state index is 16.0. The van der Waals surface area contributed by atoms with Crippen molar-refractivity contribution in [3.63, 3.8) is 0 Å². The SMILES string of the molecule is CC1(C)c2c(-c3ccccn3)cccc2-c2ccc(F)c(-c3cc4ccccc4c4ccccc34)c21. The fraction of sp³-hybridized carbons (Fsp3) is 0.0882. The van der Waals surface area contributed by atoms with Crippen LogP contribution < -0.4 is 0 Å². The van der Waals surface area contributed by atoms with Crippen LogP contribution in [0.1, 0.15) is 25.0 Å². The van der Waals surface area contributed by atoms with E-state index in [1.54, 1.807) is 6.07 Å². The number of halogens is 1. The number of aromatic nitrogens is 1. The topological polar surface area (TPSA) is 12.9 Å². The monoisotopic (exact) mass is 465 g/mol. The molecular weight excluding hydrogens is 441 g/mol. The second kappa shape index (κ2) is 7.60. The molecule has 0 aliphatic heterocycles. The Balaban J connectivity index is 1.58. The van der Waals surface area contributed by atoms with Crippen LogP contribution in [0.25, 0.3) is 55.1 Å². The molecule has 0 saturated carbocycles. The fourth-order valence-electron chi connectivity index (χ4n) is 6.29. The number of nitrogens with zero attached hydrogens (tertiary/aromatic N) is 1. The third kappa shape index (κ3) is 2.85. The highest BCUT2D eigenvalue weighted by Crippen LogP contribution is 2.56. The molecule has 0 fully saturated rings. The van der Waals surface area contributed by atoms with E-state index in [1.807, 2.05) is 42.6 Å². The van der Waals surface area contributed by atoms with Gasteiger partial charge in [0.05, 0.1) is 5.69 Å². The van der Waals surface area contributed by atoms with E-state index in [2.05, 4.69) is 79.5 Å². The molecule has 2 heteroatoms. The summed E-state index contributed by atoms with van der Waals surface area (Å²) in [6, 6.07) is 34.9. The Bertz CT molecular complexity index is 1820. The number of fused-ring (bicyclic) bond motifs is 6. The van der Waals surface area contributed by atoms with Crippen LogP contribution in [-0.2, 0) is 5.41 Å². The average Bonchev–Trinajstić information content (AvgIpc) is 3.15. The number of hydrogen-bond acceptors (Lipinski definition) is 1. The van der Waals surface area contributed by atoms with Crippen LogP contribution in [0.2, 0.25) is 0 Å². The van der Waals surface area contributed by atoms with Crippen molar-refractivity contribution in [3.8, 4) is 33.5 Å². The molecule has 0 spiro atoms. The van der Waals surface area contributed by atoms with E-state index in [0.29, 0.717) is 5.56 Å². The first kappa shape index (κ1) is 21.0. The van der Waals surface area contributed by atoms with Gasteiger partial charge in [-0.3, -0.25) is 4.98 Å². The van der Waals surface area contributed by atoms with Crippen molar-refractivity contribution in [2.75, 3.05) is 0 Å². The summed E-state index contributed by atoms with van der Waals surface area (Å²) in [5.41, 5.74) is 7.77. The van der Waals surface area contributed by atoms with E-state index in [0.717, 1.165) is 49.7 Å². The summed E-state index contributed by atoms with van der Waals surface area (Å²) >= 11 is 0. The molecule has 0 atom stereocenters. The quantitative estimate of drug-likeness (QED) is 0.232. The fourth-order valence-corrected chi connectivity index (χ4v) is 6.29. The number of rotatable bonds is 2. The van der Waals surface area contributed by atoms with Crippen molar-refractivity contribution in [2.45, 2.75) is 19.3 Å². The van der Waals surface area contributed by atoms with Crippen LogP contribution in [0.15, 0.2) is 109 Å². The molecular formula is C34H24FN. The van der Waals surface area contributed by atoms with Gasteiger partial charge < -0.3 is 0 Å². The van der Waals surface area contributed by atoms with Gasteiger partial charge in [-0.1, -0.05) is 92.7 Å². The lowest BCUT2D eigenvalue weighted by Gasteiger charge is -2.27. The van der Waals surface area contributed by atoms with Crippen molar-refractivity contribution < 1.29 is 4.39 Å². The Morgan fingerprint density at radius 3 is 2.08 bits per heavy atom. The van der Waals surface area contributed by atoms with E-state index < -0.39 is 5.41 Å². The first-order valence-electron chi connectivity index (χ1n) is 12.3. The molecule has 0 saturated heterocycles. The lowest BCUT2D eigenvalue weighted by atomic mass is 9.76. The summed E-state index contributed by atoms with van der Waals surface area (Å²) < 4.78 is 16.0.